The van der Waals surface area contributed by atoms with E-state index < -0.39 is 0 Å². The number of amides is 1. The molecule has 1 aromatic carbocycles. The average Bonchev–Trinajstić information content (AvgIpc) is 3.29. The molecular weight excluding hydrogens is 356 g/mol. The van der Waals surface area contributed by atoms with Gasteiger partial charge >= 0.3 is 0 Å². The van der Waals surface area contributed by atoms with Crippen molar-refractivity contribution in [1.82, 2.24) is 21.1 Å². The predicted molar refractivity (Wildman–Crippen MR) is 105 cm³/mol. The summed E-state index contributed by atoms with van der Waals surface area (Å²) in [7, 11) is 2.12. The van der Waals surface area contributed by atoms with E-state index >= 15 is 0 Å². The van der Waals surface area contributed by atoms with Gasteiger partial charge in [0.2, 0.25) is 5.91 Å². The van der Waals surface area contributed by atoms with Crippen LogP contribution in [0.1, 0.15) is 36.4 Å². The van der Waals surface area contributed by atoms with Crippen molar-refractivity contribution < 1.29 is 14.6 Å². The van der Waals surface area contributed by atoms with Crippen molar-refractivity contribution in [2.75, 3.05) is 26.7 Å². The third-order valence-corrected chi connectivity index (χ3v) is 6.99. The zero-order valence-corrected chi connectivity index (χ0v) is 16.4. The monoisotopic (exact) mass is 386 g/mol. The standard InChI is InChI=1S/C21H30N4O3/c1-25-6-4-17-16(11-25)20(24-23-17)21(27)22-19(14-9-15(26)10-14)13-2-3-18-12(8-13)5-7-28-18/h2-3,8,14-17,19-20,23-24,26H,4-7,9-11H2,1H3,(H,22,27). The molecule has 3 aliphatic heterocycles. The zero-order chi connectivity index (χ0) is 19.3. The minimum Gasteiger partial charge on any atom is -0.493 e. The van der Waals surface area contributed by atoms with Gasteiger partial charge in [0.05, 0.1) is 18.8 Å². The van der Waals surface area contributed by atoms with Crippen molar-refractivity contribution >= 4 is 5.91 Å². The number of benzene rings is 1. The van der Waals surface area contributed by atoms with Crippen LogP contribution in [-0.2, 0) is 11.2 Å². The summed E-state index contributed by atoms with van der Waals surface area (Å²) in [4.78, 5) is 15.5. The van der Waals surface area contributed by atoms with Crippen LogP contribution in [0.3, 0.4) is 0 Å². The fourth-order valence-electron chi connectivity index (χ4n) is 5.25. The largest absolute Gasteiger partial charge is 0.493 e. The third-order valence-electron chi connectivity index (χ3n) is 6.99. The molecule has 4 N–H and O–H groups in total. The van der Waals surface area contributed by atoms with Crippen molar-refractivity contribution in [1.29, 1.82) is 0 Å². The molecule has 0 spiro atoms. The van der Waals surface area contributed by atoms with Gasteiger partial charge in [-0.3, -0.25) is 10.2 Å². The van der Waals surface area contributed by atoms with Gasteiger partial charge in [0.1, 0.15) is 11.8 Å². The number of rotatable bonds is 4. The van der Waals surface area contributed by atoms with Gasteiger partial charge in [0.15, 0.2) is 0 Å². The van der Waals surface area contributed by atoms with Crippen molar-refractivity contribution in [3.63, 3.8) is 0 Å². The van der Waals surface area contributed by atoms with Gasteiger partial charge in [0, 0.05) is 24.9 Å². The second kappa shape index (κ2) is 7.30. The Kier molecular flexibility index (Phi) is 4.79. The lowest BCUT2D eigenvalue weighted by molar-refractivity contribution is -0.126. The van der Waals surface area contributed by atoms with Gasteiger partial charge in [-0.15, -0.1) is 0 Å². The Morgan fingerprint density at radius 1 is 1.36 bits per heavy atom. The van der Waals surface area contributed by atoms with Crippen LogP contribution in [0.5, 0.6) is 5.75 Å². The van der Waals surface area contributed by atoms with Crippen molar-refractivity contribution in [3.8, 4) is 5.75 Å². The molecule has 4 atom stereocenters. The normalized spacial score (nSPS) is 35.4. The Bertz CT molecular complexity index is 751. The Hall–Kier alpha value is -1.67. The molecule has 4 unspecified atom stereocenters. The smallest absolute Gasteiger partial charge is 0.239 e. The molecule has 7 nitrogen and oxygen atoms in total. The Balaban J connectivity index is 1.34. The number of hydrogen-bond donors (Lipinski definition) is 4. The van der Waals surface area contributed by atoms with E-state index in [0.717, 1.165) is 56.7 Å². The molecule has 1 saturated carbocycles. The number of hydrogen-bond acceptors (Lipinski definition) is 6. The molecule has 1 aromatic rings. The van der Waals surface area contributed by atoms with Gasteiger partial charge < -0.3 is 20.1 Å². The molecule has 5 rings (SSSR count). The van der Waals surface area contributed by atoms with Crippen LogP contribution in [-0.4, -0.2) is 60.8 Å². The number of hydrazine groups is 1. The first-order valence-corrected chi connectivity index (χ1v) is 10.5. The molecule has 28 heavy (non-hydrogen) atoms. The van der Waals surface area contributed by atoms with Crippen LogP contribution in [0.25, 0.3) is 0 Å². The molecule has 0 aromatic heterocycles. The zero-order valence-electron chi connectivity index (χ0n) is 16.4. The lowest BCUT2D eigenvalue weighted by atomic mass is 9.74. The molecule has 3 fully saturated rings. The van der Waals surface area contributed by atoms with E-state index in [-0.39, 0.29) is 35.9 Å². The molecule has 0 radical (unpaired) electrons. The summed E-state index contributed by atoms with van der Waals surface area (Å²) in [5, 5.41) is 13.2. The van der Waals surface area contributed by atoms with Crippen LogP contribution in [0.15, 0.2) is 18.2 Å². The first-order valence-electron chi connectivity index (χ1n) is 10.5. The molecule has 2 saturated heterocycles. The Labute approximate surface area is 165 Å². The first-order chi connectivity index (χ1) is 13.6. The summed E-state index contributed by atoms with van der Waals surface area (Å²) in [6.07, 6.45) is 3.21. The molecule has 7 heteroatoms. The van der Waals surface area contributed by atoms with Crippen LogP contribution < -0.4 is 20.9 Å². The van der Waals surface area contributed by atoms with E-state index in [1.165, 1.54) is 5.56 Å². The number of aliphatic hydroxyl groups is 1. The highest BCUT2D eigenvalue weighted by Crippen LogP contribution is 2.40. The first kappa shape index (κ1) is 18.4. The average molecular weight is 386 g/mol. The number of aliphatic hydroxyl groups excluding tert-OH is 1. The number of piperidine rings is 1. The molecule has 1 aliphatic carbocycles. The molecule has 152 valence electrons. The third kappa shape index (κ3) is 3.30. The second-order valence-electron chi connectivity index (χ2n) is 8.92. The van der Waals surface area contributed by atoms with Gasteiger partial charge in [-0.25, -0.2) is 5.43 Å². The number of carbonyl (C=O) groups excluding carboxylic acids is 1. The van der Waals surface area contributed by atoms with Gasteiger partial charge in [-0.2, -0.15) is 0 Å². The van der Waals surface area contributed by atoms with E-state index in [2.05, 4.69) is 40.2 Å². The van der Waals surface area contributed by atoms with Crippen LogP contribution in [0.2, 0.25) is 0 Å². The highest BCUT2D eigenvalue weighted by atomic mass is 16.5. The van der Waals surface area contributed by atoms with Gasteiger partial charge in [-0.05, 0) is 62.0 Å². The molecule has 3 heterocycles. The van der Waals surface area contributed by atoms with Crippen molar-refractivity contribution in [3.05, 3.63) is 29.3 Å². The molecular formula is C21H30N4O3. The van der Waals surface area contributed by atoms with Crippen LogP contribution in [0, 0.1) is 11.8 Å². The Morgan fingerprint density at radius 2 is 2.21 bits per heavy atom. The van der Waals surface area contributed by atoms with Crippen molar-refractivity contribution in [2.45, 2.75) is 49.9 Å². The molecule has 1 amide bonds. The molecule has 4 aliphatic rings. The summed E-state index contributed by atoms with van der Waals surface area (Å²) in [6.45, 7) is 2.71. The maximum Gasteiger partial charge on any atom is 0.239 e. The van der Waals surface area contributed by atoms with E-state index in [9.17, 15) is 9.90 Å². The number of nitrogens with one attached hydrogen (secondary N) is 3. The van der Waals surface area contributed by atoms with Gasteiger partial charge in [-0.1, -0.05) is 6.07 Å². The summed E-state index contributed by atoms with van der Waals surface area (Å²) in [5.74, 6) is 1.56. The second-order valence-corrected chi connectivity index (χ2v) is 8.92. The summed E-state index contributed by atoms with van der Waals surface area (Å²) in [6, 6.07) is 6.33. The Morgan fingerprint density at radius 3 is 3.04 bits per heavy atom. The fourth-order valence-corrected chi connectivity index (χ4v) is 5.25. The summed E-state index contributed by atoms with van der Waals surface area (Å²) >= 11 is 0. The highest BCUT2D eigenvalue weighted by molar-refractivity contribution is 5.83. The number of likely N-dealkylation sites (tertiary alicyclic amines) is 1. The van der Waals surface area contributed by atoms with Crippen LogP contribution >= 0.6 is 0 Å². The lowest BCUT2D eigenvalue weighted by Crippen LogP contribution is -2.52. The SMILES string of the molecule is CN1CCC2NNC(C(=O)NC(c3ccc4c(c3)CCO4)C3CC(O)C3)C2C1. The van der Waals surface area contributed by atoms with E-state index in [1.807, 2.05) is 6.07 Å². The maximum absolute atomic E-state index is 13.2. The van der Waals surface area contributed by atoms with E-state index in [4.69, 9.17) is 4.74 Å². The van der Waals surface area contributed by atoms with Gasteiger partial charge in [0.25, 0.3) is 0 Å². The van der Waals surface area contributed by atoms with E-state index in [1.54, 1.807) is 0 Å². The summed E-state index contributed by atoms with van der Waals surface area (Å²) in [5.41, 5.74) is 8.91. The van der Waals surface area contributed by atoms with Crippen molar-refractivity contribution in [2.24, 2.45) is 11.8 Å². The highest BCUT2D eigenvalue weighted by Gasteiger charge is 2.44. The maximum atomic E-state index is 13.2. The lowest BCUT2D eigenvalue weighted by Gasteiger charge is -2.39. The molecule has 0 bridgehead atoms. The number of fused-ring (bicyclic) bond motifs is 2. The number of carbonyl (C=O) groups is 1. The van der Waals surface area contributed by atoms with E-state index in [0.29, 0.717) is 6.04 Å². The fraction of sp³-hybridized carbons (Fsp3) is 0.667. The summed E-state index contributed by atoms with van der Waals surface area (Å²) < 4.78 is 5.63. The minimum atomic E-state index is -0.246. The predicted octanol–water partition coefficient (Wildman–Crippen LogP) is 0.346. The number of nitrogens with zero attached hydrogens (tertiary/aromatic N) is 1. The quantitative estimate of drug-likeness (QED) is 0.597. The van der Waals surface area contributed by atoms with Crippen LogP contribution in [0.4, 0.5) is 0 Å². The number of ether oxygens (including phenoxy) is 1. The minimum absolute atomic E-state index is 0.0541. The topological polar surface area (TPSA) is 85.9 Å².